The molecule has 0 aliphatic heterocycles. The predicted molar refractivity (Wildman–Crippen MR) is 82.2 cm³/mol. The highest BCUT2D eigenvalue weighted by Crippen LogP contribution is 2.26. The molecule has 0 bridgehead atoms. The van der Waals surface area contributed by atoms with E-state index < -0.39 is 0 Å². The fraction of sp³-hybridized carbons (Fsp3) is 0.250. The average molecular weight is 304 g/mol. The van der Waals surface area contributed by atoms with E-state index in [9.17, 15) is 4.39 Å². The molecular weight excluding hydrogens is 289 g/mol. The van der Waals surface area contributed by atoms with Gasteiger partial charge < -0.3 is 4.57 Å². The second-order valence-corrected chi connectivity index (χ2v) is 5.28. The zero-order valence-electron chi connectivity index (χ0n) is 11.6. The third-order valence-electron chi connectivity index (χ3n) is 3.55. The van der Waals surface area contributed by atoms with Crippen LogP contribution in [0.15, 0.2) is 42.6 Å². The first-order chi connectivity index (χ1) is 10.2. The van der Waals surface area contributed by atoms with Crippen molar-refractivity contribution in [2.45, 2.75) is 19.4 Å². The zero-order chi connectivity index (χ0) is 14.8. The third kappa shape index (κ3) is 2.63. The lowest BCUT2D eigenvalue weighted by atomic mass is 10.2. The maximum atomic E-state index is 13.4. The summed E-state index contributed by atoms with van der Waals surface area (Å²) in [6.07, 6.45) is 2.40. The molecule has 1 atom stereocenters. The van der Waals surface area contributed by atoms with Gasteiger partial charge in [-0.1, -0.05) is 6.07 Å². The monoisotopic (exact) mass is 303 g/mol. The number of hydrogen-bond acceptors (Lipinski definition) is 2. The number of pyridine rings is 1. The Kier molecular flexibility index (Phi) is 3.88. The molecule has 3 rings (SSSR count). The van der Waals surface area contributed by atoms with Gasteiger partial charge in [0.2, 0.25) is 0 Å². The molecule has 1 aromatic carbocycles. The van der Waals surface area contributed by atoms with E-state index in [4.69, 9.17) is 11.6 Å². The number of rotatable bonds is 4. The molecule has 2 aromatic heterocycles. The number of imidazole rings is 1. The average Bonchev–Trinajstić information content (AvgIpc) is 2.85. The van der Waals surface area contributed by atoms with Crippen molar-refractivity contribution in [3.8, 4) is 0 Å². The Morgan fingerprint density at radius 1 is 1.29 bits per heavy atom. The van der Waals surface area contributed by atoms with Gasteiger partial charge in [-0.15, -0.1) is 11.6 Å². The van der Waals surface area contributed by atoms with E-state index in [1.165, 1.54) is 12.1 Å². The number of hydrogen-bond donors (Lipinski definition) is 0. The first-order valence-corrected chi connectivity index (χ1v) is 7.37. The highest BCUT2D eigenvalue weighted by Gasteiger charge is 2.18. The first-order valence-electron chi connectivity index (χ1n) is 6.84. The number of aromatic nitrogens is 3. The van der Waals surface area contributed by atoms with Crippen molar-refractivity contribution >= 4 is 22.6 Å². The molecule has 0 saturated carbocycles. The van der Waals surface area contributed by atoms with E-state index in [0.29, 0.717) is 17.8 Å². The Bertz CT molecular complexity index is 755. The molecule has 5 heteroatoms. The summed E-state index contributed by atoms with van der Waals surface area (Å²) in [5.74, 6) is 1.04. The van der Waals surface area contributed by atoms with Crippen LogP contribution in [0.4, 0.5) is 4.39 Å². The number of halogens is 2. The van der Waals surface area contributed by atoms with Crippen LogP contribution >= 0.6 is 11.6 Å². The first kappa shape index (κ1) is 14.0. The molecule has 3 nitrogen and oxygen atoms in total. The summed E-state index contributed by atoms with van der Waals surface area (Å²) >= 11 is 5.87. The van der Waals surface area contributed by atoms with E-state index in [2.05, 4.69) is 21.5 Å². The van der Waals surface area contributed by atoms with Crippen LogP contribution in [0.2, 0.25) is 0 Å². The van der Waals surface area contributed by atoms with Crippen molar-refractivity contribution in [1.29, 1.82) is 0 Å². The summed E-state index contributed by atoms with van der Waals surface area (Å²) in [5, 5.41) is 0. The van der Waals surface area contributed by atoms with Crippen molar-refractivity contribution in [2.24, 2.45) is 0 Å². The standard InChI is InChI=1S/C16H15ClFN3/c1-11(13-4-2-3-9-19-13)21-15-6-5-12(18)10-14(15)20-16(21)7-8-17/h2-6,9-11H,7-8H2,1H3. The van der Waals surface area contributed by atoms with Gasteiger partial charge in [0.25, 0.3) is 0 Å². The maximum absolute atomic E-state index is 13.4. The predicted octanol–water partition coefficient (Wildman–Crippen LogP) is 3.96. The molecule has 0 N–H and O–H groups in total. The van der Waals surface area contributed by atoms with Crippen molar-refractivity contribution in [3.05, 3.63) is 59.9 Å². The number of nitrogens with zero attached hydrogens (tertiary/aromatic N) is 3. The van der Waals surface area contributed by atoms with Crippen LogP contribution in [0.5, 0.6) is 0 Å². The lowest BCUT2D eigenvalue weighted by Gasteiger charge is -2.17. The summed E-state index contributed by atoms with van der Waals surface area (Å²) in [6.45, 7) is 2.06. The highest BCUT2D eigenvalue weighted by molar-refractivity contribution is 6.17. The van der Waals surface area contributed by atoms with Crippen molar-refractivity contribution < 1.29 is 4.39 Å². The van der Waals surface area contributed by atoms with Crippen LogP contribution < -0.4 is 0 Å². The molecule has 0 aliphatic carbocycles. The van der Waals surface area contributed by atoms with Crippen LogP contribution in [0.25, 0.3) is 11.0 Å². The number of benzene rings is 1. The van der Waals surface area contributed by atoms with Gasteiger partial charge in [0.05, 0.1) is 22.8 Å². The van der Waals surface area contributed by atoms with Gasteiger partial charge in [0, 0.05) is 24.6 Å². The Hall–Kier alpha value is -1.94. The van der Waals surface area contributed by atoms with Gasteiger partial charge in [-0.3, -0.25) is 4.98 Å². The van der Waals surface area contributed by atoms with Crippen LogP contribution in [-0.2, 0) is 6.42 Å². The molecular formula is C16H15ClFN3. The Balaban J connectivity index is 2.17. The fourth-order valence-corrected chi connectivity index (χ4v) is 2.74. The van der Waals surface area contributed by atoms with Gasteiger partial charge in [0.15, 0.2) is 0 Å². The van der Waals surface area contributed by atoms with Gasteiger partial charge in [-0.05, 0) is 31.2 Å². The maximum Gasteiger partial charge on any atom is 0.125 e. The van der Waals surface area contributed by atoms with E-state index >= 15 is 0 Å². The van der Waals surface area contributed by atoms with Gasteiger partial charge in [0.1, 0.15) is 11.6 Å². The molecule has 0 spiro atoms. The van der Waals surface area contributed by atoms with Gasteiger partial charge >= 0.3 is 0 Å². The SMILES string of the molecule is CC(c1ccccn1)n1c(CCCl)nc2cc(F)ccc21. The minimum absolute atomic E-state index is 0.0138. The molecule has 0 amide bonds. The number of aryl methyl sites for hydroxylation is 1. The molecule has 3 aromatic rings. The lowest BCUT2D eigenvalue weighted by Crippen LogP contribution is -2.12. The number of alkyl halides is 1. The Morgan fingerprint density at radius 2 is 2.14 bits per heavy atom. The molecule has 0 saturated heterocycles. The van der Waals surface area contributed by atoms with Crippen molar-refractivity contribution in [2.75, 3.05) is 5.88 Å². The van der Waals surface area contributed by atoms with Crippen molar-refractivity contribution in [3.63, 3.8) is 0 Å². The van der Waals surface area contributed by atoms with Gasteiger partial charge in [-0.2, -0.15) is 0 Å². The largest absolute Gasteiger partial charge is 0.319 e. The van der Waals surface area contributed by atoms with Crippen LogP contribution in [0.3, 0.4) is 0 Å². The van der Waals surface area contributed by atoms with Crippen molar-refractivity contribution in [1.82, 2.24) is 14.5 Å². The second-order valence-electron chi connectivity index (χ2n) is 4.90. The van der Waals surface area contributed by atoms with E-state index in [-0.39, 0.29) is 11.9 Å². The Morgan fingerprint density at radius 3 is 2.86 bits per heavy atom. The summed E-state index contributed by atoms with van der Waals surface area (Å²) in [5.41, 5.74) is 2.49. The molecule has 0 radical (unpaired) electrons. The van der Waals surface area contributed by atoms with Crippen LogP contribution in [0.1, 0.15) is 24.5 Å². The minimum Gasteiger partial charge on any atom is -0.319 e. The highest BCUT2D eigenvalue weighted by atomic mass is 35.5. The summed E-state index contributed by atoms with van der Waals surface area (Å²) in [6, 6.07) is 10.5. The quantitative estimate of drug-likeness (QED) is 0.683. The molecule has 21 heavy (non-hydrogen) atoms. The van der Waals surface area contributed by atoms with E-state index in [1.807, 2.05) is 18.2 Å². The number of fused-ring (bicyclic) bond motifs is 1. The fourth-order valence-electron chi connectivity index (χ4n) is 2.57. The summed E-state index contributed by atoms with van der Waals surface area (Å²) < 4.78 is 15.5. The molecule has 1 unspecified atom stereocenters. The molecule has 0 fully saturated rings. The summed E-state index contributed by atoms with van der Waals surface area (Å²) in [4.78, 5) is 8.93. The van der Waals surface area contributed by atoms with Gasteiger partial charge in [-0.25, -0.2) is 9.37 Å². The van der Waals surface area contributed by atoms with Crippen LogP contribution in [-0.4, -0.2) is 20.4 Å². The Labute approximate surface area is 127 Å². The molecule has 0 aliphatic rings. The minimum atomic E-state index is -0.282. The lowest BCUT2D eigenvalue weighted by molar-refractivity contribution is 0.607. The van der Waals surface area contributed by atoms with E-state index in [1.54, 1.807) is 12.3 Å². The summed E-state index contributed by atoms with van der Waals surface area (Å²) in [7, 11) is 0. The third-order valence-corrected chi connectivity index (χ3v) is 3.73. The second kappa shape index (κ2) is 5.82. The molecule has 2 heterocycles. The smallest absolute Gasteiger partial charge is 0.125 e. The van der Waals surface area contributed by atoms with E-state index in [0.717, 1.165) is 17.0 Å². The normalized spacial score (nSPS) is 12.7. The molecule has 108 valence electrons. The van der Waals surface area contributed by atoms with Crippen LogP contribution in [0, 0.1) is 5.82 Å². The topological polar surface area (TPSA) is 30.7 Å². The zero-order valence-corrected chi connectivity index (χ0v) is 12.4.